The summed E-state index contributed by atoms with van der Waals surface area (Å²) in [6.45, 7) is 5.93. The Bertz CT molecular complexity index is 1140. The molecule has 0 saturated heterocycles. The minimum atomic E-state index is -0.734. The first-order valence-corrected chi connectivity index (χ1v) is 12.5. The number of carbonyl (C=O) groups excluding carboxylic acids is 2. The summed E-state index contributed by atoms with van der Waals surface area (Å²) >= 11 is 0. The summed E-state index contributed by atoms with van der Waals surface area (Å²) < 4.78 is 0. The van der Waals surface area contributed by atoms with Crippen LogP contribution in [-0.2, 0) is 4.79 Å². The van der Waals surface area contributed by atoms with Crippen LogP contribution < -0.4 is 21.5 Å². The Morgan fingerprint density at radius 3 is 2.26 bits per heavy atom. The maximum atomic E-state index is 13.2. The van der Waals surface area contributed by atoms with Crippen molar-refractivity contribution in [1.82, 2.24) is 4.90 Å². The molecule has 35 heavy (non-hydrogen) atoms. The van der Waals surface area contributed by atoms with E-state index in [1.54, 1.807) is 20.2 Å². The van der Waals surface area contributed by atoms with Crippen molar-refractivity contribution in [2.75, 3.05) is 24.7 Å². The van der Waals surface area contributed by atoms with E-state index in [-0.39, 0.29) is 46.0 Å². The molecule has 0 bridgehead atoms. The Labute approximate surface area is 206 Å². The molecule has 0 unspecified atom stereocenters. The Morgan fingerprint density at radius 2 is 1.66 bits per heavy atom. The zero-order valence-corrected chi connectivity index (χ0v) is 21.3. The summed E-state index contributed by atoms with van der Waals surface area (Å²) in [7, 11) is 3.14. The molecule has 0 aromatic heterocycles. The van der Waals surface area contributed by atoms with Crippen molar-refractivity contribution in [2.45, 2.75) is 65.3 Å². The Hall–Kier alpha value is -3.16. The lowest BCUT2D eigenvalue weighted by atomic mass is 9.78. The molecule has 0 radical (unpaired) electrons. The second-order valence-electron chi connectivity index (χ2n) is 10.3. The van der Waals surface area contributed by atoms with E-state index in [2.05, 4.69) is 17.6 Å². The quantitative estimate of drug-likeness (QED) is 0.345. The Kier molecular flexibility index (Phi) is 8.35. The number of nitrogens with zero attached hydrogens (tertiary/aromatic N) is 1. The van der Waals surface area contributed by atoms with Gasteiger partial charge in [-0.1, -0.05) is 58.9 Å². The number of nitrogens with one attached hydrogen (secondary N) is 2. The number of para-hydroxylation sites is 1. The molecule has 1 saturated carbocycles. The van der Waals surface area contributed by atoms with Gasteiger partial charge in [0.25, 0.3) is 16.8 Å². The van der Waals surface area contributed by atoms with Gasteiger partial charge in [0.05, 0.1) is 17.3 Å². The fraction of sp³-hybridized carbons (Fsp3) is 0.556. The molecule has 8 heteroatoms. The van der Waals surface area contributed by atoms with Gasteiger partial charge in [-0.2, -0.15) is 0 Å². The predicted octanol–water partition coefficient (Wildman–Crippen LogP) is 4.05. The maximum Gasteiger partial charge on any atom is 0.257 e. The largest absolute Gasteiger partial charge is 0.505 e. The maximum absolute atomic E-state index is 13.2. The molecule has 1 aliphatic carbocycles. The van der Waals surface area contributed by atoms with Gasteiger partial charge in [0.1, 0.15) is 11.4 Å². The van der Waals surface area contributed by atoms with Crippen molar-refractivity contribution in [3.63, 3.8) is 0 Å². The number of anilines is 3. The van der Waals surface area contributed by atoms with Gasteiger partial charge in [-0.25, -0.2) is 0 Å². The Balaban J connectivity index is 1.79. The van der Waals surface area contributed by atoms with Crippen molar-refractivity contribution in [3.8, 4) is 5.75 Å². The number of Topliss-reactive ketones (excluding diaryl/α,β-unsaturated/α-hetero) is 1. The highest BCUT2D eigenvalue weighted by Gasteiger charge is 2.31. The van der Waals surface area contributed by atoms with Gasteiger partial charge in [0.15, 0.2) is 11.5 Å². The standard InChI is InChI=1S/C27H37N3O5/c1-15(2)21(20(31)14-16(3)17-10-7-6-8-11-17)29-23-22(25(33)26(23)34)28-19-13-9-12-18(24(19)32)27(35)30(4)5/h9,12-13,15-17,21,28-29,32H,6-8,10-11,14H2,1-5H3/t16-,21+/m0/s1. The minimum Gasteiger partial charge on any atom is -0.505 e. The number of benzene rings is 1. The van der Waals surface area contributed by atoms with Crippen LogP contribution in [0.1, 0.15) is 69.7 Å². The fourth-order valence-electron chi connectivity index (χ4n) is 4.93. The molecular weight excluding hydrogens is 446 g/mol. The lowest BCUT2D eigenvalue weighted by Crippen LogP contribution is -2.43. The highest BCUT2D eigenvalue weighted by molar-refractivity contribution is 5.99. The molecule has 3 N–H and O–H groups in total. The summed E-state index contributed by atoms with van der Waals surface area (Å²) in [5, 5.41) is 16.4. The van der Waals surface area contributed by atoms with Crippen molar-refractivity contribution < 1.29 is 14.7 Å². The number of hydrogen-bond donors (Lipinski definition) is 3. The van der Waals surface area contributed by atoms with Crippen LogP contribution in [0, 0.1) is 17.8 Å². The van der Waals surface area contributed by atoms with Crippen LogP contribution in [0.5, 0.6) is 5.75 Å². The summed E-state index contributed by atoms with van der Waals surface area (Å²) in [5.41, 5.74) is -1.21. The third-order valence-corrected chi connectivity index (χ3v) is 7.13. The molecule has 1 fully saturated rings. The van der Waals surface area contributed by atoms with Crippen molar-refractivity contribution in [3.05, 3.63) is 44.2 Å². The number of phenols is 1. The zero-order valence-electron chi connectivity index (χ0n) is 21.3. The molecule has 1 aliphatic rings. The number of aromatic hydroxyl groups is 1. The van der Waals surface area contributed by atoms with Gasteiger partial charge < -0.3 is 20.6 Å². The van der Waals surface area contributed by atoms with Crippen LogP contribution in [0.4, 0.5) is 17.1 Å². The summed E-state index contributed by atoms with van der Waals surface area (Å²) in [6, 6.07) is 3.95. The van der Waals surface area contributed by atoms with E-state index < -0.39 is 22.8 Å². The number of carbonyl (C=O) groups is 2. The summed E-state index contributed by atoms with van der Waals surface area (Å²) in [5.74, 6) is 0.0374. The van der Waals surface area contributed by atoms with Crippen molar-refractivity contribution >= 4 is 28.8 Å². The first kappa shape index (κ1) is 26.4. The molecule has 0 aliphatic heterocycles. The van der Waals surface area contributed by atoms with Crippen LogP contribution >= 0.6 is 0 Å². The van der Waals surface area contributed by atoms with E-state index in [9.17, 15) is 24.3 Å². The zero-order chi connectivity index (χ0) is 25.9. The van der Waals surface area contributed by atoms with Gasteiger partial charge in [-0.15, -0.1) is 0 Å². The van der Waals surface area contributed by atoms with E-state index in [1.807, 2.05) is 13.8 Å². The van der Waals surface area contributed by atoms with Crippen LogP contribution in [0.25, 0.3) is 0 Å². The van der Waals surface area contributed by atoms with Crippen LogP contribution in [0.3, 0.4) is 0 Å². The van der Waals surface area contributed by atoms with Gasteiger partial charge in [0.2, 0.25) is 0 Å². The predicted molar refractivity (Wildman–Crippen MR) is 138 cm³/mol. The normalized spacial score (nSPS) is 16.2. The monoisotopic (exact) mass is 483 g/mol. The molecule has 2 atom stereocenters. The second-order valence-corrected chi connectivity index (χ2v) is 10.3. The number of amides is 1. The van der Waals surface area contributed by atoms with Gasteiger partial charge in [-0.3, -0.25) is 19.2 Å². The molecule has 190 valence electrons. The first-order valence-electron chi connectivity index (χ1n) is 12.5. The molecule has 1 amide bonds. The summed E-state index contributed by atoms with van der Waals surface area (Å²) in [6.07, 6.45) is 6.41. The average Bonchev–Trinajstić information content (AvgIpc) is 2.83. The smallest absolute Gasteiger partial charge is 0.257 e. The molecular formula is C27H37N3O5. The average molecular weight is 484 g/mol. The van der Waals surface area contributed by atoms with Crippen LogP contribution in [0.2, 0.25) is 0 Å². The van der Waals surface area contributed by atoms with E-state index in [0.717, 1.165) is 12.8 Å². The molecule has 8 nitrogen and oxygen atoms in total. The van der Waals surface area contributed by atoms with Crippen molar-refractivity contribution in [2.24, 2.45) is 17.8 Å². The first-order chi connectivity index (χ1) is 16.5. The lowest BCUT2D eigenvalue weighted by Gasteiger charge is -2.30. The minimum absolute atomic E-state index is 0.0152. The Morgan fingerprint density at radius 1 is 1.03 bits per heavy atom. The van der Waals surface area contributed by atoms with E-state index >= 15 is 0 Å². The highest BCUT2D eigenvalue weighted by atomic mass is 16.3. The molecule has 3 rings (SSSR count). The number of hydrogen-bond acceptors (Lipinski definition) is 7. The number of rotatable bonds is 10. The van der Waals surface area contributed by atoms with Crippen LogP contribution in [0.15, 0.2) is 27.8 Å². The third-order valence-electron chi connectivity index (χ3n) is 7.13. The van der Waals surface area contributed by atoms with E-state index in [0.29, 0.717) is 12.3 Å². The number of ketones is 1. The van der Waals surface area contributed by atoms with Gasteiger partial charge >= 0.3 is 0 Å². The van der Waals surface area contributed by atoms with Crippen molar-refractivity contribution in [1.29, 1.82) is 0 Å². The summed E-state index contributed by atoms with van der Waals surface area (Å²) in [4.78, 5) is 51.7. The number of phenolic OH excluding ortho intramolecular Hbond substituents is 1. The third kappa shape index (κ3) is 5.74. The molecule has 2 aromatic rings. The van der Waals surface area contributed by atoms with Gasteiger partial charge in [-0.05, 0) is 29.9 Å². The van der Waals surface area contributed by atoms with E-state index in [4.69, 9.17) is 0 Å². The molecule has 2 aromatic carbocycles. The topological polar surface area (TPSA) is 116 Å². The molecule has 0 heterocycles. The van der Waals surface area contributed by atoms with Gasteiger partial charge in [0, 0.05) is 20.5 Å². The van der Waals surface area contributed by atoms with E-state index in [1.165, 1.54) is 36.3 Å². The highest BCUT2D eigenvalue weighted by Crippen LogP contribution is 2.34. The lowest BCUT2D eigenvalue weighted by molar-refractivity contribution is -0.121. The molecule has 0 spiro atoms. The van der Waals surface area contributed by atoms with Crippen LogP contribution in [-0.4, -0.2) is 41.8 Å². The second kappa shape index (κ2) is 11.1. The fourth-order valence-corrected chi connectivity index (χ4v) is 4.93. The SMILES string of the molecule is CC(C)[C@@H](Nc1c(Nc2cccc(C(=O)N(C)C)c2O)c(=O)c1=O)C(=O)C[C@H](C)C1CCCCC1.